The van der Waals surface area contributed by atoms with Crippen molar-refractivity contribution < 1.29 is 9.59 Å². The number of nitrogens with zero attached hydrogens (tertiary/aromatic N) is 2. The van der Waals surface area contributed by atoms with Crippen LogP contribution >= 0.6 is 0 Å². The van der Waals surface area contributed by atoms with Gasteiger partial charge in [0.25, 0.3) is 0 Å². The summed E-state index contributed by atoms with van der Waals surface area (Å²) in [5, 5.41) is 8.78. The van der Waals surface area contributed by atoms with Gasteiger partial charge in [0.1, 0.15) is 0 Å². The minimum atomic E-state index is 0.00989. The first-order chi connectivity index (χ1) is 15.5. The molecule has 4 aliphatic carbocycles. The summed E-state index contributed by atoms with van der Waals surface area (Å²) in [6.45, 7) is 4.14. The average molecular weight is 443 g/mol. The Bertz CT molecular complexity index is 684. The lowest BCUT2D eigenvalue weighted by atomic mass is 9.86. The van der Waals surface area contributed by atoms with Crippen molar-refractivity contribution in [2.45, 2.75) is 104 Å². The Kier molecular flexibility index (Phi) is 8.01. The molecular formula is C26H42N4O2. The van der Waals surface area contributed by atoms with Gasteiger partial charge in [-0.1, -0.05) is 25.7 Å². The van der Waals surface area contributed by atoms with Crippen LogP contribution in [0.3, 0.4) is 0 Å². The minimum absolute atomic E-state index is 0.00989. The van der Waals surface area contributed by atoms with Crippen LogP contribution in [0, 0.1) is 35.5 Å². The topological polar surface area (TPSA) is 82.9 Å². The SMILES string of the molecule is C/C(=N\NC(=O)CCCCCCC(=O)N/N=C(\C)C1CC2CCC1C2)C1CC2CCC1C2. The average Bonchev–Trinajstić information content (AvgIpc) is 3.59. The molecule has 32 heavy (non-hydrogen) atoms. The van der Waals surface area contributed by atoms with Crippen LogP contribution in [0.5, 0.6) is 0 Å². The molecule has 0 saturated heterocycles. The van der Waals surface area contributed by atoms with Crippen molar-refractivity contribution in [1.82, 2.24) is 10.9 Å². The zero-order chi connectivity index (χ0) is 22.5. The van der Waals surface area contributed by atoms with Crippen molar-refractivity contribution >= 4 is 23.2 Å². The van der Waals surface area contributed by atoms with Crippen molar-refractivity contribution in [3.8, 4) is 0 Å². The predicted octanol–water partition coefficient (Wildman–Crippen LogP) is 5.18. The molecule has 6 heteroatoms. The monoisotopic (exact) mass is 442 g/mol. The van der Waals surface area contributed by atoms with E-state index in [1.54, 1.807) is 0 Å². The Labute approximate surface area is 193 Å². The van der Waals surface area contributed by atoms with Crippen LogP contribution in [-0.4, -0.2) is 23.2 Å². The van der Waals surface area contributed by atoms with E-state index in [4.69, 9.17) is 0 Å². The van der Waals surface area contributed by atoms with Crippen molar-refractivity contribution in [1.29, 1.82) is 0 Å². The van der Waals surface area contributed by atoms with Crippen LogP contribution in [0.15, 0.2) is 10.2 Å². The molecule has 4 aliphatic rings. The summed E-state index contributed by atoms with van der Waals surface area (Å²) in [6, 6.07) is 0. The number of hydrazone groups is 2. The molecule has 0 aliphatic heterocycles. The molecule has 0 aromatic carbocycles. The van der Waals surface area contributed by atoms with Crippen LogP contribution in [0.4, 0.5) is 0 Å². The van der Waals surface area contributed by atoms with Crippen LogP contribution < -0.4 is 10.9 Å². The maximum atomic E-state index is 12.1. The van der Waals surface area contributed by atoms with Gasteiger partial charge in [-0.25, -0.2) is 10.9 Å². The third kappa shape index (κ3) is 5.99. The zero-order valence-corrected chi connectivity index (χ0v) is 20.1. The maximum absolute atomic E-state index is 12.1. The summed E-state index contributed by atoms with van der Waals surface area (Å²) in [4.78, 5) is 24.1. The molecule has 4 fully saturated rings. The molecule has 2 N–H and O–H groups in total. The molecule has 6 unspecified atom stereocenters. The fourth-order valence-electron chi connectivity index (χ4n) is 7.02. The quantitative estimate of drug-likeness (QED) is 0.262. The molecule has 0 heterocycles. The van der Waals surface area contributed by atoms with Gasteiger partial charge in [-0.15, -0.1) is 0 Å². The molecule has 0 aromatic rings. The third-order valence-electron chi connectivity index (χ3n) is 8.82. The van der Waals surface area contributed by atoms with E-state index in [1.165, 1.54) is 51.4 Å². The highest BCUT2D eigenvalue weighted by molar-refractivity contribution is 5.87. The van der Waals surface area contributed by atoms with Crippen molar-refractivity contribution in [2.24, 2.45) is 45.7 Å². The number of nitrogens with one attached hydrogen (secondary N) is 2. The number of amides is 2. The first-order valence-electron chi connectivity index (χ1n) is 13.2. The fourth-order valence-corrected chi connectivity index (χ4v) is 7.02. The Balaban J connectivity index is 1.02. The van der Waals surface area contributed by atoms with Crippen LogP contribution in [0.1, 0.15) is 104 Å². The highest BCUT2D eigenvalue weighted by Gasteiger charge is 2.41. The van der Waals surface area contributed by atoms with Gasteiger partial charge in [0.15, 0.2) is 0 Å². The number of fused-ring (bicyclic) bond motifs is 4. The molecular weight excluding hydrogens is 400 g/mol. The Hall–Kier alpha value is -1.72. The van der Waals surface area contributed by atoms with Crippen LogP contribution in [0.25, 0.3) is 0 Å². The second kappa shape index (κ2) is 10.9. The summed E-state index contributed by atoms with van der Waals surface area (Å²) in [6.07, 6.45) is 15.3. The lowest BCUT2D eigenvalue weighted by Crippen LogP contribution is -2.24. The van der Waals surface area contributed by atoms with E-state index < -0.39 is 0 Å². The number of hydrogen-bond donors (Lipinski definition) is 2. The van der Waals surface area contributed by atoms with Gasteiger partial charge >= 0.3 is 0 Å². The second-order valence-electron chi connectivity index (χ2n) is 11.1. The minimum Gasteiger partial charge on any atom is -0.273 e. The summed E-state index contributed by atoms with van der Waals surface area (Å²) < 4.78 is 0. The van der Waals surface area contributed by atoms with E-state index in [-0.39, 0.29) is 11.8 Å². The van der Waals surface area contributed by atoms with Gasteiger partial charge in [0, 0.05) is 36.1 Å². The first kappa shape index (κ1) is 23.4. The van der Waals surface area contributed by atoms with Crippen LogP contribution in [-0.2, 0) is 9.59 Å². The highest BCUT2D eigenvalue weighted by atomic mass is 16.2. The zero-order valence-electron chi connectivity index (χ0n) is 20.1. The normalized spacial score (nSPS) is 33.7. The number of carbonyl (C=O) groups excluding carboxylic acids is 2. The fraction of sp³-hybridized carbons (Fsp3) is 0.846. The molecule has 0 radical (unpaired) electrons. The lowest BCUT2D eigenvalue weighted by molar-refractivity contribution is -0.122. The number of rotatable bonds is 11. The number of unbranched alkanes of at least 4 members (excludes halogenated alkanes) is 3. The van der Waals surface area contributed by atoms with Crippen molar-refractivity contribution in [3.63, 3.8) is 0 Å². The van der Waals surface area contributed by atoms with Crippen molar-refractivity contribution in [2.75, 3.05) is 0 Å². The van der Waals surface area contributed by atoms with Gasteiger partial charge in [-0.3, -0.25) is 9.59 Å². The van der Waals surface area contributed by atoms with E-state index >= 15 is 0 Å². The van der Waals surface area contributed by atoms with Gasteiger partial charge < -0.3 is 0 Å². The lowest BCUT2D eigenvalue weighted by Gasteiger charge is -2.21. The highest BCUT2D eigenvalue weighted by Crippen LogP contribution is 2.49. The molecule has 0 aromatic heterocycles. The standard InChI is InChI=1S/C26H42N4O2/c1-17(23-15-19-9-11-21(23)13-19)27-29-25(31)7-5-3-4-6-8-26(32)30-28-18(2)24-16-20-10-12-22(24)14-20/h19-24H,3-16H2,1-2H3,(H,29,31)(H,30,32)/b27-17+,28-18+. The smallest absolute Gasteiger partial charge is 0.240 e. The summed E-state index contributed by atoms with van der Waals surface area (Å²) in [5.74, 6) is 4.57. The van der Waals surface area contributed by atoms with E-state index in [9.17, 15) is 9.59 Å². The van der Waals surface area contributed by atoms with Crippen molar-refractivity contribution in [3.05, 3.63) is 0 Å². The maximum Gasteiger partial charge on any atom is 0.240 e. The van der Waals surface area contributed by atoms with Gasteiger partial charge in [-0.2, -0.15) is 10.2 Å². The Morgan fingerprint density at radius 2 is 1.09 bits per heavy atom. The van der Waals surface area contributed by atoms with E-state index in [0.717, 1.165) is 60.8 Å². The molecule has 6 nitrogen and oxygen atoms in total. The molecule has 4 bridgehead atoms. The molecule has 178 valence electrons. The Morgan fingerprint density at radius 1 is 0.656 bits per heavy atom. The molecule has 0 spiro atoms. The van der Waals surface area contributed by atoms with E-state index in [2.05, 4.69) is 34.9 Å². The summed E-state index contributed by atoms with van der Waals surface area (Å²) in [7, 11) is 0. The molecule has 2 amide bonds. The number of hydrogen-bond acceptors (Lipinski definition) is 4. The summed E-state index contributed by atoms with van der Waals surface area (Å²) >= 11 is 0. The third-order valence-corrected chi connectivity index (χ3v) is 8.82. The summed E-state index contributed by atoms with van der Waals surface area (Å²) in [5.41, 5.74) is 7.73. The Morgan fingerprint density at radius 3 is 1.44 bits per heavy atom. The van der Waals surface area contributed by atoms with E-state index in [1.807, 2.05) is 0 Å². The van der Waals surface area contributed by atoms with E-state index in [0.29, 0.717) is 24.7 Å². The molecule has 4 rings (SSSR count). The van der Waals surface area contributed by atoms with Gasteiger partial charge in [0.2, 0.25) is 11.8 Å². The molecule has 4 saturated carbocycles. The second-order valence-corrected chi connectivity index (χ2v) is 11.1. The van der Waals surface area contributed by atoms with Crippen LogP contribution in [0.2, 0.25) is 0 Å². The predicted molar refractivity (Wildman–Crippen MR) is 128 cm³/mol. The first-order valence-corrected chi connectivity index (χ1v) is 13.2. The largest absolute Gasteiger partial charge is 0.273 e. The number of carbonyl (C=O) groups is 2. The van der Waals surface area contributed by atoms with Gasteiger partial charge in [-0.05, 0) is 88.9 Å². The van der Waals surface area contributed by atoms with Gasteiger partial charge in [0.05, 0.1) is 0 Å². The molecule has 6 atom stereocenters.